The predicted molar refractivity (Wildman–Crippen MR) is 58.5 cm³/mol. The molecule has 1 aliphatic heterocycles. The second-order valence-corrected chi connectivity index (χ2v) is 4.66. The van der Waals surface area contributed by atoms with E-state index in [1.807, 2.05) is 19.1 Å². The number of thioether (sulfide) groups is 1. The molecule has 1 fully saturated rings. The van der Waals surface area contributed by atoms with Gasteiger partial charge in [0.15, 0.2) is 0 Å². The molecule has 0 bridgehead atoms. The van der Waals surface area contributed by atoms with Gasteiger partial charge in [-0.15, -0.1) is 16.9 Å². The van der Waals surface area contributed by atoms with Crippen LogP contribution in [0.4, 0.5) is 0 Å². The van der Waals surface area contributed by atoms with Crippen LogP contribution in [0, 0.1) is 6.92 Å². The van der Waals surface area contributed by atoms with Crippen molar-refractivity contribution >= 4 is 11.8 Å². The average molecular weight is 209 g/mol. The Morgan fingerprint density at radius 3 is 3.07 bits per heavy atom. The number of rotatable bonds is 3. The summed E-state index contributed by atoms with van der Waals surface area (Å²) in [5.74, 6) is 1.11. The molecule has 0 amide bonds. The van der Waals surface area contributed by atoms with Gasteiger partial charge < -0.3 is 5.32 Å². The van der Waals surface area contributed by atoms with E-state index in [0.29, 0.717) is 6.04 Å². The molecule has 0 radical (unpaired) electrons. The summed E-state index contributed by atoms with van der Waals surface area (Å²) < 4.78 is 0. The Labute approximate surface area is 88.7 Å². The molecule has 0 saturated carbocycles. The summed E-state index contributed by atoms with van der Waals surface area (Å²) in [6.45, 7) is 3.13. The van der Waals surface area contributed by atoms with Crippen molar-refractivity contribution in [3.63, 3.8) is 0 Å². The Morgan fingerprint density at radius 2 is 2.43 bits per heavy atom. The number of aryl methyl sites for hydroxylation is 1. The van der Waals surface area contributed by atoms with E-state index in [1.165, 1.54) is 19.4 Å². The highest BCUT2D eigenvalue weighted by Crippen LogP contribution is 2.18. The van der Waals surface area contributed by atoms with Crippen LogP contribution in [0.1, 0.15) is 18.5 Å². The number of hydrogen-bond acceptors (Lipinski definition) is 4. The minimum atomic E-state index is 0.670. The molecule has 1 aliphatic rings. The van der Waals surface area contributed by atoms with Crippen molar-refractivity contribution in [2.24, 2.45) is 0 Å². The van der Waals surface area contributed by atoms with Crippen LogP contribution in [0.2, 0.25) is 0 Å². The molecule has 76 valence electrons. The smallest absolute Gasteiger partial charge is 0.119 e. The minimum absolute atomic E-state index is 0.670. The largest absolute Gasteiger partial charge is 0.313 e. The van der Waals surface area contributed by atoms with Crippen LogP contribution in [-0.4, -0.2) is 28.5 Å². The van der Waals surface area contributed by atoms with Crippen LogP contribution in [0.15, 0.2) is 17.2 Å². The Bertz CT molecular complexity index is 280. The van der Waals surface area contributed by atoms with E-state index in [1.54, 1.807) is 11.8 Å². The molecule has 1 saturated heterocycles. The normalized spacial score (nSPS) is 21.4. The SMILES string of the molecule is Cc1ccc(SC[C@H]2CCCN2)nn1. The van der Waals surface area contributed by atoms with Crippen LogP contribution in [-0.2, 0) is 0 Å². The van der Waals surface area contributed by atoms with Gasteiger partial charge in [0, 0.05) is 11.8 Å². The van der Waals surface area contributed by atoms with Gasteiger partial charge in [-0.1, -0.05) is 0 Å². The molecule has 2 rings (SSSR count). The summed E-state index contributed by atoms with van der Waals surface area (Å²) in [5, 5.41) is 12.7. The summed E-state index contributed by atoms with van der Waals surface area (Å²) in [6.07, 6.45) is 2.61. The Kier molecular flexibility index (Phi) is 3.37. The van der Waals surface area contributed by atoms with Gasteiger partial charge in [0.1, 0.15) is 5.03 Å². The monoisotopic (exact) mass is 209 g/mol. The molecule has 1 aromatic rings. The molecule has 4 heteroatoms. The first-order chi connectivity index (χ1) is 6.84. The van der Waals surface area contributed by atoms with Gasteiger partial charge in [0.2, 0.25) is 0 Å². The molecule has 0 aliphatic carbocycles. The summed E-state index contributed by atoms with van der Waals surface area (Å²) in [6, 6.07) is 4.72. The molecule has 0 aromatic carbocycles. The predicted octanol–water partition coefficient (Wildman–Crippen LogP) is 1.63. The van der Waals surface area contributed by atoms with Crippen LogP contribution in [0.5, 0.6) is 0 Å². The van der Waals surface area contributed by atoms with Gasteiger partial charge in [0.25, 0.3) is 0 Å². The van der Waals surface area contributed by atoms with E-state index >= 15 is 0 Å². The topological polar surface area (TPSA) is 37.8 Å². The van der Waals surface area contributed by atoms with Gasteiger partial charge in [-0.3, -0.25) is 0 Å². The lowest BCUT2D eigenvalue weighted by molar-refractivity contribution is 0.673. The van der Waals surface area contributed by atoms with Crippen molar-refractivity contribution in [2.45, 2.75) is 30.8 Å². The minimum Gasteiger partial charge on any atom is -0.313 e. The van der Waals surface area contributed by atoms with E-state index in [9.17, 15) is 0 Å². The van der Waals surface area contributed by atoms with Gasteiger partial charge in [-0.05, 0) is 38.4 Å². The highest BCUT2D eigenvalue weighted by Gasteiger charge is 2.14. The quantitative estimate of drug-likeness (QED) is 0.768. The van der Waals surface area contributed by atoms with Crippen LogP contribution in [0.25, 0.3) is 0 Å². The van der Waals surface area contributed by atoms with Crippen molar-refractivity contribution in [3.8, 4) is 0 Å². The Balaban J connectivity index is 1.82. The van der Waals surface area contributed by atoms with E-state index in [0.717, 1.165) is 16.5 Å². The number of nitrogens with zero attached hydrogens (tertiary/aromatic N) is 2. The molecule has 3 nitrogen and oxygen atoms in total. The van der Waals surface area contributed by atoms with Gasteiger partial charge >= 0.3 is 0 Å². The summed E-state index contributed by atoms with van der Waals surface area (Å²) in [4.78, 5) is 0. The van der Waals surface area contributed by atoms with E-state index in [-0.39, 0.29) is 0 Å². The maximum atomic E-state index is 4.12. The maximum Gasteiger partial charge on any atom is 0.119 e. The van der Waals surface area contributed by atoms with Crippen molar-refractivity contribution in [2.75, 3.05) is 12.3 Å². The third-order valence-corrected chi connectivity index (χ3v) is 3.45. The standard InChI is InChI=1S/C10H15N3S/c1-8-4-5-10(13-12-8)14-7-9-3-2-6-11-9/h4-5,9,11H,2-3,6-7H2,1H3/t9-/m1/s1. The molecule has 1 N–H and O–H groups in total. The lowest BCUT2D eigenvalue weighted by atomic mass is 10.3. The van der Waals surface area contributed by atoms with Crippen molar-refractivity contribution < 1.29 is 0 Å². The number of hydrogen-bond donors (Lipinski definition) is 1. The van der Waals surface area contributed by atoms with E-state index < -0.39 is 0 Å². The fourth-order valence-electron chi connectivity index (χ4n) is 1.55. The summed E-state index contributed by atoms with van der Waals surface area (Å²) >= 11 is 1.79. The van der Waals surface area contributed by atoms with Gasteiger partial charge in [0.05, 0.1) is 5.69 Å². The van der Waals surface area contributed by atoms with E-state index in [2.05, 4.69) is 15.5 Å². The summed E-state index contributed by atoms with van der Waals surface area (Å²) in [7, 11) is 0. The third kappa shape index (κ3) is 2.69. The Morgan fingerprint density at radius 1 is 1.50 bits per heavy atom. The van der Waals surface area contributed by atoms with Crippen LogP contribution >= 0.6 is 11.8 Å². The zero-order chi connectivity index (χ0) is 9.80. The molecule has 0 spiro atoms. The number of nitrogens with one attached hydrogen (secondary N) is 1. The van der Waals surface area contributed by atoms with Crippen LogP contribution in [0.3, 0.4) is 0 Å². The highest BCUT2D eigenvalue weighted by molar-refractivity contribution is 7.99. The Hall–Kier alpha value is -0.610. The fraction of sp³-hybridized carbons (Fsp3) is 0.600. The first-order valence-electron chi connectivity index (χ1n) is 5.01. The molecule has 1 aromatic heterocycles. The lowest BCUT2D eigenvalue weighted by Crippen LogP contribution is -2.23. The molecule has 14 heavy (non-hydrogen) atoms. The number of aromatic nitrogens is 2. The zero-order valence-electron chi connectivity index (χ0n) is 8.36. The lowest BCUT2D eigenvalue weighted by Gasteiger charge is -2.07. The van der Waals surface area contributed by atoms with Crippen LogP contribution < -0.4 is 5.32 Å². The second-order valence-electron chi connectivity index (χ2n) is 3.62. The fourth-order valence-corrected chi connectivity index (χ4v) is 2.47. The zero-order valence-corrected chi connectivity index (χ0v) is 9.18. The molecule has 1 atom stereocenters. The first kappa shape index (κ1) is 9.93. The molecular formula is C10H15N3S. The van der Waals surface area contributed by atoms with Crippen molar-refractivity contribution in [3.05, 3.63) is 17.8 Å². The van der Waals surface area contributed by atoms with E-state index in [4.69, 9.17) is 0 Å². The summed E-state index contributed by atoms with van der Waals surface area (Å²) in [5.41, 5.74) is 0.980. The average Bonchev–Trinajstić information content (AvgIpc) is 2.70. The third-order valence-electron chi connectivity index (χ3n) is 2.37. The van der Waals surface area contributed by atoms with Gasteiger partial charge in [-0.2, -0.15) is 5.10 Å². The molecule has 0 unspecified atom stereocenters. The second kappa shape index (κ2) is 4.75. The molecular weight excluding hydrogens is 194 g/mol. The highest BCUT2D eigenvalue weighted by atomic mass is 32.2. The first-order valence-corrected chi connectivity index (χ1v) is 6.00. The van der Waals surface area contributed by atoms with Gasteiger partial charge in [-0.25, -0.2) is 0 Å². The van der Waals surface area contributed by atoms with Crippen molar-refractivity contribution in [1.82, 2.24) is 15.5 Å². The van der Waals surface area contributed by atoms with Crippen molar-refractivity contribution in [1.29, 1.82) is 0 Å². The maximum absolute atomic E-state index is 4.12. The molecule has 2 heterocycles.